The van der Waals surface area contributed by atoms with E-state index in [0.717, 1.165) is 40.9 Å². The van der Waals surface area contributed by atoms with Crippen LogP contribution in [-0.2, 0) is 6.54 Å². The molecule has 0 saturated carbocycles. The Balaban J connectivity index is 1.92. The van der Waals surface area contributed by atoms with E-state index in [1.807, 2.05) is 37.4 Å². The van der Waals surface area contributed by atoms with Gasteiger partial charge >= 0.3 is 0 Å². The minimum atomic E-state index is 0.253. The van der Waals surface area contributed by atoms with Crippen LogP contribution >= 0.6 is 11.6 Å². The van der Waals surface area contributed by atoms with Gasteiger partial charge in [-0.05, 0) is 54.3 Å². The zero-order valence-corrected chi connectivity index (χ0v) is 15.8. The van der Waals surface area contributed by atoms with Crippen molar-refractivity contribution < 1.29 is 0 Å². The van der Waals surface area contributed by atoms with Gasteiger partial charge in [-0.25, -0.2) is 4.98 Å². The second-order valence-electron chi connectivity index (χ2n) is 6.41. The number of aryl methyl sites for hydroxylation is 1. The van der Waals surface area contributed by atoms with Crippen molar-refractivity contribution in [2.45, 2.75) is 39.7 Å². The lowest BCUT2D eigenvalue weighted by Gasteiger charge is -2.12. The molecule has 1 aromatic carbocycles. The average Bonchev–Trinajstić information content (AvgIpc) is 3.03. The maximum Gasteiger partial charge on any atom is 0.225 e. The third-order valence-electron chi connectivity index (χ3n) is 4.47. The largest absolute Gasteiger partial charge is 0.368 e. The normalized spacial score (nSPS) is 10.8. The lowest BCUT2D eigenvalue weighted by atomic mass is 10.1. The maximum absolute atomic E-state index is 9.04. The average molecular weight is 368 g/mol. The first-order chi connectivity index (χ1) is 12.6. The Morgan fingerprint density at radius 1 is 1.23 bits per heavy atom. The number of halogens is 1. The van der Waals surface area contributed by atoms with Gasteiger partial charge in [0.1, 0.15) is 5.52 Å². The van der Waals surface area contributed by atoms with Gasteiger partial charge in [-0.1, -0.05) is 25.8 Å². The number of rotatable bonds is 7. The minimum absolute atomic E-state index is 0.253. The summed E-state index contributed by atoms with van der Waals surface area (Å²) >= 11 is 6.09. The highest BCUT2D eigenvalue weighted by molar-refractivity contribution is 6.28. The number of aromatic nitrogens is 3. The predicted octanol–water partition coefficient (Wildman–Crippen LogP) is 4.92. The van der Waals surface area contributed by atoms with E-state index in [1.165, 1.54) is 12.8 Å². The van der Waals surface area contributed by atoms with E-state index in [0.29, 0.717) is 12.1 Å². The zero-order chi connectivity index (χ0) is 18.5. The van der Waals surface area contributed by atoms with Crippen molar-refractivity contribution in [2.24, 2.45) is 0 Å². The van der Waals surface area contributed by atoms with Crippen molar-refractivity contribution in [3.8, 4) is 6.07 Å². The van der Waals surface area contributed by atoms with Crippen molar-refractivity contribution in [1.29, 1.82) is 5.26 Å². The second kappa shape index (κ2) is 8.20. The monoisotopic (exact) mass is 367 g/mol. The van der Waals surface area contributed by atoms with Crippen molar-refractivity contribution in [1.82, 2.24) is 14.5 Å². The fourth-order valence-corrected chi connectivity index (χ4v) is 3.22. The molecule has 2 aromatic heterocycles. The van der Waals surface area contributed by atoms with Crippen LogP contribution in [0, 0.1) is 18.3 Å². The van der Waals surface area contributed by atoms with E-state index in [4.69, 9.17) is 16.9 Å². The van der Waals surface area contributed by atoms with Gasteiger partial charge in [0, 0.05) is 19.3 Å². The number of benzene rings is 1. The van der Waals surface area contributed by atoms with Gasteiger partial charge in [0.2, 0.25) is 5.28 Å². The molecule has 5 nitrogen and oxygen atoms in total. The second-order valence-corrected chi connectivity index (χ2v) is 6.74. The summed E-state index contributed by atoms with van der Waals surface area (Å²) in [5, 5.41) is 12.7. The van der Waals surface area contributed by atoms with E-state index < -0.39 is 0 Å². The number of nitrogens with one attached hydrogen (secondary N) is 1. The van der Waals surface area contributed by atoms with E-state index in [1.54, 1.807) is 0 Å². The molecule has 0 aliphatic heterocycles. The van der Waals surface area contributed by atoms with Crippen molar-refractivity contribution in [3.63, 3.8) is 0 Å². The highest BCUT2D eigenvalue weighted by Gasteiger charge is 2.12. The highest BCUT2D eigenvalue weighted by Crippen LogP contribution is 2.25. The van der Waals surface area contributed by atoms with Gasteiger partial charge in [0.05, 0.1) is 17.1 Å². The van der Waals surface area contributed by atoms with E-state index >= 15 is 0 Å². The molecule has 1 N–H and O–H groups in total. The van der Waals surface area contributed by atoms with Crippen LogP contribution < -0.4 is 5.32 Å². The fourth-order valence-electron chi connectivity index (χ4n) is 3.04. The molecule has 0 bridgehead atoms. The lowest BCUT2D eigenvalue weighted by Crippen LogP contribution is -2.08. The summed E-state index contributed by atoms with van der Waals surface area (Å²) in [4.78, 5) is 8.75. The highest BCUT2D eigenvalue weighted by atomic mass is 35.5. The molecule has 0 spiro atoms. The molecule has 134 valence electrons. The Morgan fingerprint density at radius 3 is 2.81 bits per heavy atom. The smallest absolute Gasteiger partial charge is 0.225 e. The van der Waals surface area contributed by atoms with Gasteiger partial charge in [0.15, 0.2) is 5.82 Å². The zero-order valence-electron chi connectivity index (χ0n) is 15.1. The molecular weight excluding hydrogens is 346 g/mol. The Labute approximate surface area is 158 Å². The Kier molecular flexibility index (Phi) is 5.75. The van der Waals surface area contributed by atoms with Gasteiger partial charge < -0.3 is 9.88 Å². The van der Waals surface area contributed by atoms with Gasteiger partial charge in [-0.3, -0.25) is 0 Å². The summed E-state index contributed by atoms with van der Waals surface area (Å²) in [5.41, 5.74) is 4.72. The van der Waals surface area contributed by atoms with Crippen LogP contribution in [0.4, 0.5) is 5.82 Å². The molecule has 0 fully saturated rings. The number of anilines is 1. The summed E-state index contributed by atoms with van der Waals surface area (Å²) < 4.78 is 2.13. The molecule has 6 heteroatoms. The molecule has 0 unspecified atom stereocenters. The van der Waals surface area contributed by atoms with Gasteiger partial charge in [-0.15, -0.1) is 0 Å². The van der Waals surface area contributed by atoms with E-state index in [-0.39, 0.29) is 5.28 Å². The molecule has 0 aliphatic carbocycles. The summed E-state index contributed by atoms with van der Waals surface area (Å²) in [6.45, 7) is 5.76. The molecule has 0 aliphatic rings. The first kappa shape index (κ1) is 18.2. The Bertz CT molecular complexity index is 955. The number of hydrogen-bond donors (Lipinski definition) is 1. The van der Waals surface area contributed by atoms with Crippen molar-refractivity contribution in [2.75, 3.05) is 11.9 Å². The number of nitriles is 1. The molecule has 26 heavy (non-hydrogen) atoms. The summed E-state index contributed by atoms with van der Waals surface area (Å²) in [7, 11) is 0. The Hall–Kier alpha value is -2.58. The van der Waals surface area contributed by atoms with Gasteiger partial charge in [0.25, 0.3) is 0 Å². The summed E-state index contributed by atoms with van der Waals surface area (Å²) in [6, 6.07) is 9.91. The minimum Gasteiger partial charge on any atom is -0.368 e. The number of unbranched alkanes of at least 4 members (excludes halogenated alkanes) is 2. The number of fused-ring (bicyclic) bond motifs is 1. The van der Waals surface area contributed by atoms with Crippen LogP contribution in [0.5, 0.6) is 0 Å². The lowest BCUT2D eigenvalue weighted by molar-refractivity contribution is 0.741. The third-order valence-corrected chi connectivity index (χ3v) is 4.64. The molecular formula is C20H22ClN5. The van der Waals surface area contributed by atoms with Crippen LogP contribution in [0.3, 0.4) is 0 Å². The maximum atomic E-state index is 9.04. The first-order valence-electron chi connectivity index (χ1n) is 8.88. The molecule has 3 rings (SSSR count). The fraction of sp³-hybridized carbons (Fsp3) is 0.350. The molecule has 3 aromatic rings. The SMILES string of the molecule is CCCCCNc1nc(Cl)nc2ccn(Cc3ccc(C#N)cc3C)c12. The van der Waals surface area contributed by atoms with E-state index in [9.17, 15) is 0 Å². The number of nitrogens with zero attached hydrogens (tertiary/aromatic N) is 4. The van der Waals surface area contributed by atoms with Crippen molar-refractivity contribution >= 4 is 28.5 Å². The molecule has 0 atom stereocenters. The quantitative estimate of drug-likeness (QED) is 0.475. The third kappa shape index (κ3) is 3.97. The predicted molar refractivity (Wildman–Crippen MR) is 106 cm³/mol. The van der Waals surface area contributed by atoms with Gasteiger partial charge in [-0.2, -0.15) is 10.2 Å². The van der Waals surface area contributed by atoms with Crippen LogP contribution in [-0.4, -0.2) is 21.1 Å². The summed E-state index contributed by atoms with van der Waals surface area (Å²) in [6.07, 6.45) is 5.45. The Morgan fingerprint density at radius 2 is 2.08 bits per heavy atom. The number of hydrogen-bond acceptors (Lipinski definition) is 4. The topological polar surface area (TPSA) is 66.5 Å². The van der Waals surface area contributed by atoms with Crippen LogP contribution in [0.25, 0.3) is 11.0 Å². The summed E-state index contributed by atoms with van der Waals surface area (Å²) in [5.74, 6) is 0.771. The molecule has 0 radical (unpaired) electrons. The van der Waals surface area contributed by atoms with Crippen LogP contribution in [0.15, 0.2) is 30.5 Å². The van der Waals surface area contributed by atoms with Crippen LogP contribution in [0.2, 0.25) is 5.28 Å². The van der Waals surface area contributed by atoms with E-state index in [2.05, 4.69) is 32.8 Å². The first-order valence-corrected chi connectivity index (χ1v) is 9.26. The van der Waals surface area contributed by atoms with Crippen LogP contribution in [0.1, 0.15) is 42.9 Å². The standard InChI is InChI=1S/C20H22ClN5/c1-3-4-5-9-23-19-18-17(24-20(21)25-19)8-10-26(18)13-16-7-6-15(12-22)11-14(16)2/h6-8,10-11H,3-5,9,13H2,1-2H3,(H,23,24,25). The molecule has 0 amide bonds. The van der Waals surface area contributed by atoms with Crippen molar-refractivity contribution in [3.05, 3.63) is 52.4 Å². The molecule has 2 heterocycles. The molecule has 0 saturated heterocycles.